The van der Waals surface area contributed by atoms with Gasteiger partial charge in [-0.3, -0.25) is 4.79 Å². The maximum atomic E-state index is 12.1. The van der Waals surface area contributed by atoms with Gasteiger partial charge in [0.1, 0.15) is 17.5 Å². The van der Waals surface area contributed by atoms with Crippen LogP contribution >= 0.6 is 0 Å². The van der Waals surface area contributed by atoms with E-state index >= 15 is 0 Å². The molecule has 0 spiro atoms. The minimum absolute atomic E-state index is 0.00325. The zero-order chi connectivity index (χ0) is 16.7. The Hall–Kier alpha value is -0.410. The van der Waals surface area contributed by atoms with Gasteiger partial charge in [-0.05, 0) is 19.8 Å². The highest BCUT2D eigenvalue weighted by Gasteiger charge is 2.49. The molecule has 2 rings (SSSR count). The largest absolute Gasteiger partial charge is 0.299 e. The second-order valence-corrected chi connectivity index (χ2v) is 8.00. The predicted molar refractivity (Wildman–Crippen MR) is 93.1 cm³/mol. The molecule has 3 heteroatoms. The standard InChI is InChI=1S/C20H36O3/c1-4-5-6-7-8-9-10-11-12-13-20(3)17-14-18(21)16(2)19(15-17)22-23-20/h16-17,19H,4-15H2,1-3H3. The van der Waals surface area contributed by atoms with E-state index in [1.54, 1.807) is 0 Å². The third-order valence-electron chi connectivity index (χ3n) is 6.03. The van der Waals surface area contributed by atoms with E-state index in [-0.39, 0.29) is 17.6 Å². The lowest BCUT2D eigenvalue weighted by Crippen LogP contribution is -2.52. The normalized spacial score (nSPS) is 33.9. The van der Waals surface area contributed by atoms with E-state index in [0.29, 0.717) is 18.1 Å². The van der Waals surface area contributed by atoms with Crippen molar-refractivity contribution in [2.45, 2.75) is 110 Å². The Morgan fingerprint density at radius 2 is 1.65 bits per heavy atom. The molecule has 0 aromatic carbocycles. The summed E-state index contributed by atoms with van der Waals surface area (Å²) in [5.41, 5.74) is -0.257. The van der Waals surface area contributed by atoms with Gasteiger partial charge in [-0.15, -0.1) is 0 Å². The molecule has 2 aliphatic rings. The summed E-state index contributed by atoms with van der Waals surface area (Å²) >= 11 is 0. The van der Waals surface area contributed by atoms with Crippen molar-refractivity contribution in [2.24, 2.45) is 11.8 Å². The monoisotopic (exact) mass is 324 g/mol. The van der Waals surface area contributed by atoms with Gasteiger partial charge >= 0.3 is 0 Å². The highest BCUT2D eigenvalue weighted by Crippen LogP contribution is 2.44. The van der Waals surface area contributed by atoms with E-state index < -0.39 is 0 Å². The Bertz CT molecular complexity index is 368. The third-order valence-corrected chi connectivity index (χ3v) is 6.03. The number of ketones is 1. The molecule has 1 heterocycles. The molecule has 4 unspecified atom stereocenters. The fraction of sp³-hybridized carbons (Fsp3) is 0.950. The predicted octanol–water partition coefficient (Wildman–Crippen LogP) is 5.61. The SMILES string of the molecule is CCCCCCCCCCCC1(C)OOC2CC1CC(=O)C2C. The number of carbonyl (C=O) groups is 1. The minimum atomic E-state index is -0.257. The average molecular weight is 325 g/mol. The first-order valence-electron chi connectivity index (χ1n) is 9.94. The number of unbranched alkanes of at least 4 members (excludes halogenated alkanes) is 8. The van der Waals surface area contributed by atoms with E-state index in [4.69, 9.17) is 9.78 Å². The Labute approximate surface area is 142 Å². The van der Waals surface area contributed by atoms with Gasteiger partial charge in [0.2, 0.25) is 0 Å². The number of hydrogen-bond donors (Lipinski definition) is 0. The van der Waals surface area contributed by atoms with Crippen molar-refractivity contribution in [1.29, 1.82) is 0 Å². The van der Waals surface area contributed by atoms with E-state index in [9.17, 15) is 4.79 Å². The van der Waals surface area contributed by atoms with Crippen LogP contribution in [0, 0.1) is 11.8 Å². The van der Waals surface area contributed by atoms with Crippen molar-refractivity contribution in [3.05, 3.63) is 0 Å². The number of carbonyl (C=O) groups excluding carboxylic acids is 1. The summed E-state index contributed by atoms with van der Waals surface area (Å²) in [6.45, 7) is 6.37. The minimum Gasteiger partial charge on any atom is -0.299 e. The lowest BCUT2D eigenvalue weighted by atomic mass is 9.70. The molecular formula is C20H36O3. The molecule has 3 nitrogen and oxygen atoms in total. The molecule has 2 fully saturated rings. The van der Waals surface area contributed by atoms with Gasteiger partial charge in [0.15, 0.2) is 0 Å². The van der Waals surface area contributed by atoms with E-state index in [2.05, 4.69) is 13.8 Å². The van der Waals surface area contributed by atoms with Crippen LogP contribution in [-0.4, -0.2) is 17.5 Å². The van der Waals surface area contributed by atoms with Crippen molar-refractivity contribution >= 4 is 5.78 Å². The molecule has 23 heavy (non-hydrogen) atoms. The van der Waals surface area contributed by atoms with E-state index in [1.165, 1.54) is 57.8 Å². The Morgan fingerprint density at radius 1 is 1.04 bits per heavy atom. The van der Waals surface area contributed by atoms with Crippen molar-refractivity contribution < 1.29 is 14.6 Å². The molecule has 134 valence electrons. The lowest BCUT2D eigenvalue weighted by molar-refractivity contribution is -0.429. The molecule has 0 amide bonds. The van der Waals surface area contributed by atoms with Crippen LogP contribution in [0.15, 0.2) is 0 Å². The molecule has 4 atom stereocenters. The first-order chi connectivity index (χ1) is 11.1. The number of hydrogen-bond acceptors (Lipinski definition) is 3. The Balaban J connectivity index is 1.61. The van der Waals surface area contributed by atoms with Gasteiger partial charge in [0.05, 0.1) is 0 Å². The highest BCUT2D eigenvalue weighted by atomic mass is 17.2. The number of Topliss-reactive ketones (excluding diaryl/α,β-unsaturated/α-hetero) is 1. The molecule has 1 saturated carbocycles. The van der Waals surface area contributed by atoms with Crippen LogP contribution < -0.4 is 0 Å². The summed E-state index contributed by atoms with van der Waals surface area (Å²) in [7, 11) is 0. The first kappa shape index (κ1) is 18.9. The summed E-state index contributed by atoms with van der Waals surface area (Å²) < 4.78 is 0. The third kappa shape index (κ3) is 5.29. The molecule has 0 N–H and O–H groups in total. The number of fused-ring (bicyclic) bond motifs is 2. The molecule has 1 aliphatic heterocycles. The smallest absolute Gasteiger partial charge is 0.138 e. The van der Waals surface area contributed by atoms with Gasteiger partial charge in [-0.1, -0.05) is 71.6 Å². The maximum absolute atomic E-state index is 12.1. The van der Waals surface area contributed by atoms with Crippen LogP contribution in [0.25, 0.3) is 0 Å². The second kappa shape index (κ2) is 9.17. The van der Waals surface area contributed by atoms with Gasteiger partial charge < -0.3 is 0 Å². The van der Waals surface area contributed by atoms with Crippen LogP contribution in [0.5, 0.6) is 0 Å². The molecule has 2 bridgehead atoms. The first-order valence-corrected chi connectivity index (χ1v) is 9.94. The zero-order valence-corrected chi connectivity index (χ0v) is 15.4. The van der Waals surface area contributed by atoms with E-state index in [1.807, 2.05) is 6.92 Å². The van der Waals surface area contributed by atoms with Crippen LogP contribution in [0.2, 0.25) is 0 Å². The van der Waals surface area contributed by atoms with Crippen LogP contribution in [0.3, 0.4) is 0 Å². The summed E-state index contributed by atoms with van der Waals surface area (Å²) in [5.74, 6) is 0.704. The van der Waals surface area contributed by atoms with E-state index in [0.717, 1.165) is 12.8 Å². The fourth-order valence-corrected chi connectivity index (χ4v) is 4.06. The van der Waals surface area contributed by atoms with Gasteiger partial charge in [0, 0.05) is 18.3 Å². The van der Waals surface area contributed by atoms with Crippen molar-refractivity contribution in [3.63, 3.8) is 0 Å². The molecule has 0 radical (unpaired) electrons. The average Bonchev–Trinajstić information content (AvgIpc) is 2.54. The highest BCUT2D eigenvalue weighted by molar-refractivity contribution is 5.82. The van der Waals surface area contributed by atoms with Crippen LogP contribution in [0.4, 0.5) is 0 Å². The fourth-order valence-electron chi connectivity index (χ4n) is 4.06. The second-order valence-electron chi connectivity index (χ2n) is 8.00. The summed E-state index contributed by atoms with van der Waals surface area (Å²) in [4.78, 5) is 23.4. The lowest BCUT2D eigenvalue weighted by Gasteiger charge is -2.47. The topological polar surface area (TPSA) is 35.5 Å². The molecule has 1 saturated heterocycles. The molecule has 0 aromatic heterocycles. The maximum Gasteiger partial charge on any atom is 0.138 e. The summed E-state index contributed by atoms with van der Waals surface area (Å²) in [6, 6.07) is 0. The van der Waals surface area contributed by atoms with Crippen LogP contribution in [-0.2, 0) is 14.6 Å². The Kier molecular flexibility index (Phi) is 7.55. The van der Waals surface area contributed by atoms with Crippen molar-refractivity contribution in [2.75, 3.05) is 0 Å². The number of rotatable bonds is 10. The molecule has 1 aliphatic carbocycles. The molecular weight excluding hydrogens is 288 g/mol. The molecule has 0 aromatic rings. The van der Waals surface area contributed by atoms with Gasteiger partial charge in [-0.2, -0.15) is 0 Å². The zero-order valence-electron chi connectivity index (χ0n) is 15.4. The quantitative estimate of drug-likeness (QED) is 0.387. The summed E-state index contributed by atoms with van der Waals surface area (Å²) in [5, 5.41) is 0. The Morgan fingerprint density at radius 3 is 2.30 bits per heavy atom. The van der Waals surface area contributed by atoms with Gasteiger partial charge in [0.25, 0.3) is 0 Å². The van der Waals surface area contributed by atoms with Crippen LogP contribution in [0.1, 0.15) is 97.8 Å². The van der Waals surface area contributed by atoms with Crippen molar-refractivity contribution in [3.8, 4) is 0 Å². The summed E-state index contributed by atoms with van der Waals surface area (Å²) in [6.07, 6.45) is 14.7. The van der Waals surface area contributed by atoms with Gasteiger partial charge in [-0.25, -0.2) is 9.78 Å². The van der Waals surface area contributed by atoms with Crippen molar-refractivity contribution in [1.82, 2.24) is 0 Å².